The second-order valence-corrected chi connectivity index (χ2v) is 4.99. The van der Waals surface area contributed by atoms with Crippen molar-refractivity contribution >= 4 is 28.9 Å². The molecule has 1 aromatic rings. The summed E-state index contributed by atoms with van der Waals surface area (Å²) in [6.07, 6.45) is 0.479. The minimum atomic E-state index is -1.54. The molecule has 2 unspecified atom stereocenters. The zero-order chi connectivity index (χ0) is 16.2. The van der Waals surface area contributed by atoms with Crippen molar-refractivity contribution in [1.29, 1.82) is 5.26 Å². The zero-order valence-electron chi connectivity index (χ0n) is 11.5. The Morgan fingerprint density at radius 1 is 1.48 bits per heavy atom. The van der Waals surface area contributed by atoms with Gasteiger partial charge in [0.1, 0.15) is 0 Å². The maximum atomic E-state index is 12.3. The van der Waals surface area contributed by atoms with Gasteiger partial charge in [-0.2, -0.15) is 5.26 Å². The molecule has 0 aliphatic carbocycles. The van der Waals surface area contributed by atoms with E-state index in [9.17, 15) is 19.7 Å². The van der Waals surface area contributed by atoms with E-state index < -0.39 is 34.0 Å². The maximum absolute atomic E-state index is 12.3. The van der Waals surface area contributed by atoms with Crippen LogP contribution in [0.5, 0.6) is 0 Å². The Morgan fingerprint density at radius 2 is 2.10 bits per heavy atom. The van der Waals surface area contributed by atoms with Crippen LogP contribution in [0.15, 0.2) is 18.2 Å². The first kappa shape index (κ1) is 16.8. The number of carbonyl (C=O) groups is 2. The fourth-order valence-corrected chi connectivity index (χ4v) is 1.92. The van der Waals surface area contributed by atoms with Gasteiger partial charge in [-0.05, 0) is 18.6 Å². The van der Waals surface area contributed by atoms with E-state index in [4.69, 9.17) is 16.9 Å². The first-order chi connectivity index (χ1) is 9.83. The molecule has 6 nitrogen and oxygen atoms in total. The Labute approximate surface area is 126 Å². The van der Waals surface area contributed by atoms with Gasteiger partial charge >= 0.3 is 0 Å². The summed E-state index contributed by atoms with van der Waals surface area (Å²) in [5, 5.41) is 20.1. The van der Waals surface area contributed by atoms with Gasteiger partial charge in [0, 0.05) is 17.0 Å². The second-order valence-electron chi connectivity index (χ2n) is 4.56. The summed E-state index contributed by atoms with van der Waals surface area (Å²) in [4.78, 5) is 34.5. The summed E-state index contributed by atoms with van der Waals surface area (Å²) in [6, 6.07) is 5.14. The molecule has 0 radical (unpaired) electrons. The summed E-state index contributed by atoms with van der Waals surface area (Å²) in [7, 11) is 0. The van der Waals surface area contributed by atoms with E-state index in [0.717, 1.165) is 12.1 Å². The third kappa shape index (κ3) is 3.64. The van der Waals surface area contributed by atoms with Crippen LogP contribution >= 0.6 is 11.6 Å². The highest BCUT2D eigenvalue weighted by molar-refractivity contribution is 6.31. The summed E-state index contributed by atoms with van der Waals surface area (Å²) in [5.41, 5.74) is -0.794. The quantitative estimate of drug-likeness (QED) is 0.347. The van der Waals surface area contributed by atoms with Gasteiger partial charge in [0.25, 0.3) is 5.69 Å². The van der Waals surface area contributed by atoms with Crippen LogP contribution in [0.2, 0.25) is 5.02 Å². The Balaban J connectivity index is 3.27. The van der Waals surface area contributed by atoms with E-state index in [1.54, 1.807) is 19.9 Å². The largest absolute Gasteiger partial charge is 0.297 e. The highest BCUT2D eigenvalue weighted by Crippen LogP contribution is 2.26. The second kappa shape index (κ2) is 6.95. The molecule has 1 rings (SSSR count). The summed E-state index contributed by atoms with van der Waals surface area (Å²) in [5.74, 6) is -3.41. The van der Waals surface area contributed by atoms with Crippen molar-refractivity contribution in [3.8, 4) is 6.07 Å². The first-order valence-corrected chi connectivity index (χ1v) is 6.62. The molecule has 0 aliphatic heterocycles. The molecular formula is C14H13ClN2O4. The molecule has 0 amide bonds. The van der Waals surface area contributed by atoms with Crippen LogP contribution < -0.4 is 0 Å². The lowest BCUT2D eigenvalue weighted by Gasteiger charge is -2.12. The molecule has 2 atom stereocenters. The minimum Gasteiger partial charge on any atom is -0.297 e. The average molecular weight is 309 g/mol. The SMILES string of the molecule is CCC(C)C(=O)C(C#N)C(=O)c1ccc(Cl)cc1[N+](=O)[O-]. The highest BCUT2D eigenvalue weighted by atomic mass is 35.5. The standard InChI is InChI=1S/C14H13ClN2O4/c1-3-8(2)13(18)11(7-16)14(19)10-5-4-9(15)6-12(10)17(20)21/h4-6,8,11H,3H2,1-2H3. The normalized spacial score (nSPS) is 13.0. The van der Waals surface area contributed by atoms with E-state index in [1.165, 1.54) is 6.07 Å². The van der Waals surface area contributed by atoms with Gasteiger partial charge in [-0.15, -0.1) is 0 Å². The molecule has 0 aromatic heterocycles. The van der Waals surface area contributed by atoms with Crippen LogP contribution in [-0.4, -0.2) is 16.5 Å². The molecular weight excluding hydrogens is 296 g/mol. The Morgan fingerprint density at radius 3 is 2.57 bits per heavy atom. The van der Waals surface area contributed by atoms with Crippen LogP contribution in [-0.2, 0) is 4.79 Å². The van der Waals surface area contributed by atoms with Crippen LogP contribution in [0, 0.1) is 33.3 Å². The highest BCUT2D eigenvalue weighted by Gasteiger charge is 2.33. The average Bonchev–Trinajstić information content (AvgIpc) is 2.46. The molecule has 1 aromatic carbocycles. The van der Waals surface area contributed by atoms with Gasteiger partial charge in [-0.1, -0.05) is 25.4 Å². The van der Waals surface area contributed by atoms with Gasteiger partial charge in [0.2, 0.25) is 0 Å². The van der Waals surface area contributed by atoms with Crippen molar-refractivity contribution in [2.24, 2.45) is 11.8 Å². The molecule has 0 aliphatic rings. The topological polar surface area (TPSA) is 101 Å². The number of Topliss-reactive ketones (excluding diaryl/α,β-unsaturated/α-hetero) is 2. The lowest BCUT2D eigenvalue weighted by atomic mass is 9.87. The fourth-order valence-electron chi connectivity index (χ4n) is 1.76. The number of ketones is 2. The first-order valence-electron chi connectivity index (χ1n) is 6.25. The molecule has 0 saturated carbocycles. The zero-order valence-corrected chi connectivity index (χ0v) is 12.3. The lowest BCUT2D eigenvalue weighted by molar-refractivity contribution is -0.385. The van der Waals surface area contributed by atoms with Crippen LogP contribution in [0.4, 0.5) is 5.69 Å². The number of hydrogen-bond donors (Lipinski definition) is 0. The summed E-state index contributed by atoms with van der Waals surface area (Å²) in [6.45, 7) is 3.36. The molecule has 0 bridgehead atoms. The molecule has 7 heteroatoms. The molecule has 0 fully saturated rings. The number of halogens is 1. The molecule has 0 spiro atoms. The van der Waals surface area contributed by atoms with Crippen molar-refractivity contribution in [1.82, 2.24) is 0 Å². The fraction of sp³-hybridized carbons (Fsp3) is 0.357. The van der Waals surface area contributed by atoms with E-state index in [-0.39, 0.29) is 10.6 Å². The van der Waals surface area contributed by atoms with Crippen LogP contribution in [0.25, 0.3) is 0 Å². The third-order valence-electron chi connectivity index (χ3n) is 3.20. The predicted molar refractivity (Wildman–Crippen MR) is 76.0 cm³/mol. The molecule has 0 saturated heterocycles. The number of nitro groups is 1. The number of rotatable bonds is 6. The lowest BCUT2D eigenvalue weighted by Crippen LogP contribution is -2.28. The number of nitro benzene ring substituents is 1. The number of nitriles is 1. The minimum absolute atomic E-state index is 0.0972. The third-order valence-corrected chi connectivity index (χ3v) is 3.43. The van der Waals surface area contributed by atoms with Crippen molar-refractivity contribution < 1.29 is 14.5 Å². The number of benzene rings is 1. The Bertz CT molecular complexity index is 636. The number of nitrogens with zero attached hydrogens (tertiary/aromatic N) is 2. The van der Waals surface area contributed by atoms with Crippen molar-refractivity contribution in [2.75, 3.05) is 0 Å². The van der Waals surface area contributed by atoms with Crippen molar-refractivity contribution in [3.05, 3.63) is 38.9 Å². The van der Waals surface area contributed by atoms with Gasteiger partial charge in [0.15, 0.2) is 17.5 Å². The van der Waals surface area contributed by atoms with Gasteiger partial charge < -0.3 is 0 Å². The van der Waals surface area contributed by atoms with E-state index in [0.29, 0.717) is 6.42 Å². The number of hydrogen-bond acceptors (Lipinski definition) is 5. The van der Waals surface area contributed by atoms with E-state index in [1.807, 2.05) is 0 Å². The Hall–Kier alpha value is -2.26. The van der Waals surface area contributed by atoms with Gasteiger partial charge in [-0.3, -0.25) is 19.7 Å². The molecule has 21 heavy (non-hydrogen) atoms. The Kier molecular flexibility index (Phi) is 5.56. The van der Waals surface area contributed by atoms with Crippen molar-refractivity contribution in [2.45, 2.75) is 20.3 Å². The monoisotopic (exact) mass is 308 g/mol. The summed E-state index contributed by atoms with van der Waals surface area (Å²) >= 11 is 5.67. The van der Waals surface area contributed by atoms with Gasteiger partial charge in [-0.25, -0.2) is 0 Å². The number of carbonyl (C=O) groups excluding carboxylic acids is 2. The predicted octanol–water partition coefficient (Wildman–Crippen LogP) is 3.19. The maximum Gasteiger partial charge on any atom is 0.281 e. The molecule has 0 heterocycles. The summed E-state index contributed by atoms with van der Waals surface area (Å²) < 4.78 is 0. The van der Waals surface area contributed by atoms with E-state index >= 15 is 0 Å². The van der Waals surface area contributed by atoms with Crippen molar-refractivity contribution in [3.63, 3.8) is 0 Å². The smallest absolute Gasteiger partial charge is 0.281 e. The van der Waals surface area contributed by atoms with E-state index in [2.05, 4.69) is 0 Å². The van der Waals surface area contributed by atoms with Crippen LogP contribution in [0.1, 0.15) is 30.6 Å². The molecule has 110 valence electrons. The molecule has 0 N–H and O–H groups in total. The van der Waals surface area contributed by atoms with Crippen LogP contribution in [0.3, 0.4) is 0 Å². The van der Waals surface area contributed by atoms with Gasteiger partial charge in [0.05, 0.1) is 16.6 Å².